The molecule has 2 amide bonds. The van der Waals surface area contributed by atoms with Gasteiger partial charge in [-0.1, -0.05) is 66.9 Å². The zero-order chi connectivity index (χ0) is 28.7. The van der Waals surface area contributed by atoms with Crippen molar-refractivity contribution in [2.45, 2.75) is 45.2 Å². The fraction of sp³-hybridized carbons (Fsp3) is 0.310. The van der Waals surface area contributed by atoms with Gasteiger partial charge in [0.15, 0.2) is 0 Å². The topological polar surface area (TPSA) is 86.8 Å². The van der Waals surface area contributed by atoms with Crippen LogP contribution in [0.2, 0.25) is 10.0 Å². The highest BCUT2D eigenvalue weighted by Crippen LogP contribution is 2.26. The molecule has 0 unspecified atom stereocenters. The van der Waals surface area contributed by atoms with Crippen LogP contribution < -0.4 is 9.62 Å². The molecule has 0 bridgehead atoms. The molecule has 0 aliphatic carbocycles. The van der Waals surface area contributed by atoms with E-state index < -0.39 is 28.5 Å². The largest absolute Gasteiger partial charge is 0.354 e. The predicted octanol–water partition coefficient (Wildman–Crippen LogP) is 5.69. The summed E-state index contributed by atoms with van der Waals surface area (Å²) in [5.41, 5.74) is 1.92. The van der Waals surface area contributed by atoms with E-state index in [-0.39, 0.29) is 29.0 Å². The van der Waals surface area contributed by atoms with E-state index in [2.05, 4.69) is 5.32 Å². The van der Waals surface area contributed by atoms with Crippen LogP contribution in [-0.2, 0) is 26.2 Å². The maximum Gasteiger partial charge on any atom is 0.264 e. The molecule has 0 radical (unpaired) electrons. The van der Waals surface area contributed by atoms with Gasteiger partial charge in [0.05, 0.1) is 10.6 Å². The minimum Gasteiger partial charge on any atom is -0.354 e. The Labute approximate surface area is 240 Å². The summed E-state index contributed by atoms with van der Waals surface area (Å²) < 4.78 is 28.6. The van der Waals surface area contributed by atoms with Crippen LogP contribution in [0.5, 0.6) is 0 Å². The second-order valence-corrected chi connectivity index (χ2v) is 12.5. The molecule has 0 spiro atoms. The average Bonchev–Trinajstić information content (AvgIpc) is 2.90. The van der Waals surface area contributed by atoms with Gasteiger partial charge in [-0.05, 0) is 73.9 Å². The highest BCUT2D eigenvalue weighted by Gasteiger charge is 2.32. The Morgan fingerprint density at radius 2 is 1.38 bits per heavy atom. The van der Waals surface area contributed by atoms with Gasteiger partial charge in [-0.15, -0.1) is 0 Å². The second kappa shape index (κ2) is 13.3. The predicted molar refractivity (Wildman–Crippen MR) is 156 cm³/mol. The van der Waals surface area contributed by atoms with Crippen molar-refractivity contribution in [1.29, 1.82) is 0 Å². The molecule has 0 aliphatic heterocycles. The molecule has 0 heterocycles. The lowest BCUT2D eigenvalue weighted by Crippen LogP contribution is -2.51. The second-order valence-electron chi connectivity index (χ2n) is 9.76. The first-order chi connectivity index (χ1) is 18.4. The highest BCUT2D eigenvalue weighted by molar-refractivity contribution is 7.92. The van der Waals surface area contributed by atoms with E-state index in [1.54, 1.807) is 67.6 Å². The molecule has 0 fully saturated rings. The Kier molecular flexibility index (Phi) is 10.4. The molecule has 0 saturated carbocycles. The number of nitrogens with zero attached hydrogens (tertiary/aromatic N) is 2. The van der Waals surface area contributed by atoms with Gasteiger partial charge < -0.3 is 10.2 Å². The van der Waals surface area contributed by atoms with Crippen LogP contribution in [0.25, 0.3) is 0 Å². The fourth-order valence-corrected chi connectivity index (χ4v) is 5.46. The van der Waals surface area contributed by atoms with Crippen molar-refractivity contribution < 1.29 is 18.0 Å². The van der Waals surface area contributed by atoms with E-state index in [1.165, 1.54) is 17.0 Å². The summed E-state index contributed by atoms with van der Waals surface area (Å²) in [6.07, 6.45) is 0. The summed E-state index contributed by atoms with van der Waals surface area (Å²) >= 11 is 12.1. The Hall–Kier alpha value is -3.07. The van der Waals surface area contributed by atoms with Gasteiger partial charge in [0.25, 0.3) is 10.0 Å². The number of rotatable bonds is 11. The summed E-state index contributed by atoms with van der Waals surface area (Å²) in [5.74, 6) is -0.644. The lowest BCUT2D eigenvalue weighted by molar-refractivity contribution is -0.139. The van der Waals surface area contributed by atoms with Crippen LogP contribution >= 0.6 is 23.2 Å². The van der Waals surface area contributed by atoms with Crippen molar-refractivity contribution in [2.24, 2.45) is 5.92 Å². The van der Waals surface area contributed by atoms with Crippen molar-refractivity contribution in [3.8, 4) is 0 Å². The summed E-state index contributed by atoms with van der Waals surface area (Å²) in [6, 6.07) is 18.7. The van der Waals surface area contributed by atoms with Gasteiger partial charge in [-0.2, -0.15) is 0 Å². The standard InChI is InChI=1S/C29H33Cl2N3O4S/c1-20(2)17-32-29(36)22(4)33(18-23-7-9-24(30)10-8-23)28(35)19-34(26-13-11-25(31)12-14-26)39(37,38)27-15-5-21(3)6-16-27/h5-16,20,22H,17-19H2,1-4H3,(H,32,36)/t22-/m0/s1. The summed E-state index contributed by atoms with van der Waals surface area (Å²) in [4.78, 5) is 28.3. The maximum atomic E-state index is 13.9. The van der Waals surface area contributed by atoms with E-state index in [1.807, 2.05) is 20.8 Å². The third-order valence-corrected chi connectivity index (χ3v) is 8.41. The molecule has 3 aromatic rings. The number of amides is 2. The van der Waals surface area contributed by atoms with E-state index in [0.29, 0.717) is 16.6 Å². The summed E-state index contributed by atoms with van der Waals surface area (Å²) in [7, 11) is -4.13. The lowest BCUT2D eigenvalue weighted by Gasteiger charge is -2.32. The number of benzene rings is 3. The van der Waals surface area contributed by atoms with Crippen LogP contribution in [0, 0.1) is 12.8 Å². The Morgan fingerprint density at radius 3 is 1.92 bits per heavy atom. The van der Waals surface area contributed by atoms with Crippen molar-refractivity contribution in [3.63, 3.8) is 0 Å². The zero-order valence-corrected chi connectivity index (χ0v) is 24.7. The van der Waals surface area contributed by atoms with Gasteiger partial charge in [0, 0.05) is 23.1 Å². The Bertz CT molecular complexity index is 1380. The quantitative estimate of drug-likeness (QED) is 0.311. The van der Waals surface area contributed by atoms with Crippen molar-refractivity contribution in [3.05, 3.63) is 94.0 Å². The number of aryl methyl sites for hydroxylation is 1. The van der Waals surface area contributed by atoms with Crippen LogP contribution in [0.3, 0.4) is 0 Å². The number of hydrogen-bond acceptors (Lipinski definition) is 4. The monoisotopic (exact) mass is 589 g/mol. The third-order valence-electron chi connectivity index (χ3n) is 6.12. The molecule has 0 saturated heterocycles. The van der Waals surface area contributed by atoms with Gasteiger partial charge in [-0.3, -0.25) is 13.9 Å². The first-order valence-electron chi connectivity index (χ1n) is 12.5. The zero-order valence-electron chi connectivity index (χ0n) is 22.4. The molecule has 0 aliphatic rings. The lowest BCUT2D eigenvalue weighted by atomic mass is 10.1. The van der Waals surface area contributed by atoms with Crippen molar-refractivity contribution in [2.75, 3.05) is 17.4 Å². The number of nitrogens with one attached hydrogen (secondary N) is 1. The molecular weight excluding hydrogens is 557 g/mol. The van der Waals surface area contributed by atoms with Crippen LogP contribution in [0.1, 0.15) is 31.9 Å². The van der Waals surface area contributed by atoms with E-state index in [0.717, 1.165) is 15.4 Å². The van der Waals surface area contributed by atoms with Gasteiger partial charge in [0.2, 0.25) is 11.8 Å². The number of sulfonamides is 1. The van der Waals surface area contributed by atoms with Gasteiger partial charge in [0.1, 0.15) is 12.6 Å². The van der Waals surface area contributed by atoms with Crippen molar-refractivity contribution >= 4 is 50.7 Å². The Morgan fingerprint density at radius 1 is 0.846 bits per heavy atom. The number of hydrogen-bond donors (Lipinski definition) is 1. The highest BCUT2D eigenvalue weighted by atomic mass is 35.5. The summed E-state index contributed by atoms with van der Waals surface area (Å²) in [5, 5.41) is 3.83. The van der Waals surface area contributed by atoms with E-state index in [9.17, 15) is 18.0 Å². The minimum atomic E-state index is -4.13. The number of carbonyl (C=O) groups is 2. The molecule has 3 aromatic carbocycles. The van der Waals surface area contributed by atoms with Crippen LogP contribution in [0.15, 0.2) is 77.7 Å². The molecule has 1 N–H and O–H groups in total. The molecule has 208 valence electrons. The third kappa shape index (κ3) is 8.21. The average molecular weight is 591 g/mol. The maximum absolute atomic E-state index is 13.9. The molecule has 39 heavy (non-hydrogen) atoms. The Balaban J connectivity index is 2.00. The normalized spacial score (nSPS) is 12.2. The first-order valence-corrected chi connectivity index (χ1v) is 14.7. The summed E-state index contributed by atoms with van der Waals surface area (Å²) in [6.45, 7) is 7.45. The van der Waals surface area contributed by atoms with Crippen LogP contribution in [-0.4, -0.2) is 44.3 Å². The number of halogens is 2. The fourth-order valence-electron chi connectivity index (χ4n) is 3.80. The van der Waals surface area contributed by atoms with Gasteiger partial charge >= 0.3 is 0 Å². The van der Waals surface area contributed by atoms with Crippen LogP contribution in [0.4, 0.5) is 5.69 Å². The van der Waals surface area contributed by atoms with E-state index >= 15 is 0 Å². The van der Waals surface area contributed by atoms with Gasteiger partial charge in [-0.25, -0.2) is 8.42 Å². The molecule has 0 aromatic heterocycles. The molecule has 1 atom stereocenters. The smallest absolute Gasteiger partial charge is 0.264 e. The first kappa shape index (κ1) is 30.5. The van der Waals surface area contributed by atoms with E-state index in [4.69, 9.17) is 23.2 Å². The minimum absolute atomic E-state index is 0.0443. The molecular formula is C29H33Cl2N3O4S. The van der Waals surface area contributed by atoms with Crippen molar-refractivity contribution in [1.82, 2.24) is 10.2 Å². The molecule has 10 heteroatoms. The number of anilines is 1. The SMILES string of the molecule is Cc1ccc(S(=O)(=O)N(CC(=O)N(Cc2ccc(Cl)cc2)[C@@H](C)C(=O)NCC(C)C)c2ccc(Cl)cc2)cc1. The number of carbonyl (C=O) groups excluding carboxylic acids is 2. The molecule has 7 nitrogen and oxygen atoms in total. The molecule has 3 rings (SSSR count).